The van der Waals surface area contributed by atoms with E-state index in [-0.39, 0.29) is 29.6 Å². The van der Waals surface area contributed by atoms with Crippen molar-refractivity contribution in [3.63, 3.8) is 0 Å². The standard InChI is InChI=1S/C20H28N4O2/c21-17-6-10-23-18(17)12-24(19(23)26)15-3-1-14(2-4-15)20(7-8-20)13-22-9-5-16(25)11-22/h1-4,16-18,25H,5-13,21H2/t16?,17-,18-/m1/s1. The number of β-amino-alcohol motifs (C(OH)–C–C–N with tert-alkyl or cyclic N) is 1. The summed E-state index contributed by atoms with van der Waals surface area (Å²) < 4.78 is 0. The number of amides is 2. The average molecular weight is 356 g/mol. The van der Waals surface area contributed by atoms with Gasteiger partial charge < -0.3 is 15.7 Å². The normalized spacial score (nSPS) is 33.2. The third kappa shape index (κ3) is 2.63. The van der Waals surface area contributed by atoms with E-state index in [2.05, 4.69) is 29.2 Å². The van der Waals surface area contributed by atoms with Crippen molar-refractivity contribution in [1.82, 2.24) is 9.80 Å². The molecule has 26 heavy (non-hydrogen) atoms. The Bertz CT molecular complexity index is 702. The van der Waals surface area contributed by atoms with Crippen LogP contribution in [0.3, 0.4) is 0 Å². The number of aliphatic hydroxyl groups is 1. The molecule has 6 nitrogen and oxygen atoms in total. The third-order valence-electron chi connectivity index (χ3n) is 6.86. The lowest BCUT2D eigenvalue weighted by atomic mass is 9.95. The highest BCUT2D eigenvalue weighted by atomic mass is 16.3. The molecule has 3 saturated heterocycles. The van der Waals surface area contributed by atoms with Crippen LogP contribution in [0.1, 0.15) is 31.2 Å². The predicted molar refractivity (Wildman–Crippen MR) is 100 cm³/mol. The number of anilines is 1. The number of fused-ring (bicyclic) bond motifs is 1. The highest BCUT2D eigenvalue weighted by Crippen LogP contribution is 2.49. The van der Waals surface area contributed by atoms with Crippen molar-refractivity contribution in [3.8, 4) is 0 Å². The van der Waals surface area contributed by atoms with Crippen LogP contribution < -0.4 is 10.6 Å². The first-order valence-electron chi connectivity index (χ1n) is 9.90. The fourth-order valence-electron chi connectivity index (χ4n) is 5.05. The molecule has 3 N–H and O–H groups in total. The maximum atomic E-state index is 12.7. The van der Waals surface area contributed by atoms with Gasteiger partial charge in [0.25, 0.3) is 0 Å². The maximum absolute atomic E-state index is 12.7. The molecule has 4 aliphatic rings. The van der Waals surface area contributed by atoms with E-state index in [4.69, 9.17) is 5.73 Å². The van der Waals surface area contributed by atoms with Crippen molar-refractivity contribution in [2.24, 2.45) is 5.73 Å². The molecule has 0 spiro atoms. The van der Waals surface area contributed by atoms with Crippen molar-refractivity contribution in [2.45, 2.75) is 49.3 Å². The van der Waals surface area contributed by atoms with E-state index in [1.54, 1.807) is 0 Å². The summed E-state index contributed by atoms with van der Waals surface area (Å²) in [5.74, 6) is 0. The lowest BCUT2D eigenvalue weighted by Gasteiger charge is -2.24. The molecule has 6 heteroatoms. The van der Waals surface area contributed by atoms with Gasteiger partial charge in [-0.05, 0) is 43.4 Å². The van der Waals surface area contributed by atoms with Crippen molar-refractivity contribution < 1.29 is 9.90 Å². The fourth-order valence-corrected chi connectivity index (χ4v) is 5.05. The molecule has 0 radical (unpaired) electrons. The molecule has 3 atom stereocenters. The molecular weight excluding hydrogens is 328 g/mol. The second kappa shape index (κ2) is 5.94. The van der Waals surface area contributed by atoms with E-state index in [0.717, 1.165) is 44.7 Å². The number of hydrogen-bond donors (Lipinski definition) is 2. The first-order valence-corrected chi connectivity index (χ1v) is 9.90. The Morgan fingerprint density at radius 3 is 2.50 bits per heavy atom. The zero-order valence-electron chi connectivity index (χ0n) is 15.2. The Labute approximate surface area is 154 Å². The van der Waals surface area contributed by atoms with Gasteiger partial charge in [-0.2, -0.15) is 0 Å². The predicted octanol–water partition coefficient (Wildman–Crippen LogP) is 1.13. The molecule has 4 fully saturated rings. The van der Waals surface area contributed by atoms with Gasteiger partial charge in [-0.25, -0.2) is 4.79 Å². The highest BCUT2D eigenvalue weighted by molar-refractivity contribution is 5.95. The smallest absolute Gasteiger partial charge is 0.324 e. The molecule has 1 saturated carbocycles. The van der Waals surface area contributed by atoms with E-state index in [1.165, 1.54) is 18.4 Å². The van der Waals surface area contributed by atoms with E-state index >= 15 is 0 Å². The summed E-state index contributed by atoms with van der Waals surface area (Å²) in [6, 6.07) is 8.96. The van der Waals surface area contributed by atoms with Gasteiger partial charge >= 0.3 is 6.03 Å². The number of carbonyl (C=O) groups is 1. The summed E-state index contributed by atoms with van der Waals surface area (Å²) >= 11 is 0. The van der Waals surface area contributed by atoms with Crippen LogP contribution in [0.2, 0.25) is 0 Å². The monoisotopic (exact) mass is 356 g/mol. The van der Waals surface area contributed by atoms with E-state index in [0.29, 0.717) is 6.54 Å². The minimum atomic E-state index is -0.157. The first-order chi connectivity index (χ1) is 12.6. The van der Waals surface area contributed by atoms with Gasteiger partial charge in [0.1, 0.15) is 0 Å². The summed E-state index contributed by atoms with van der Waals surface area (Å²) in [6.45, 7) is 4.33. The second-order valence-electron chi connectivity index (χ2n) is 8.61. The third-order valence-corrected chi connectivity index (χ3v) is 6.86. The van der Waals surface area contributed by atoms with Crippen molar-refractivity contribution in [1.29, 1.82) is 0 Å². The number of hydrogen-bond acceptors (Lipinski definition) is 4. The number of aliphatic hydroxyl groups excluding tert-OH is 1. The Morgan fingerprint density at radius 1 is 1.12 bits per heavy atom. The van der Waals surface area contributed by atoms with E-state index < -0.39 is 0 Å². The van der Waals surface area contributed by atoms with Crippen LogP contribution in [0.25, 0.3) is 0 Å². The quantitative estimate of drug-likeness (QED) is 0.848. The van der Waals surface area contributed by atoms with Crippen LogP contribution in [0.5, 0.6) is 0 Å². The number of urea groups is 1. The first kappa shape index (κ1) is 16.5. The van der Waals surface area contributed by atoms with Crippen LogP contribution >= 0.6 is 0 Å². The number of nitrogens with zero attached hydrogens (tertiary/aromatic N) is 3. The van der Waals surface area contributed by atoms with Gasteiger partial charge in [-0.1, -0.05) is 12.1 Å². The average Bonchev–Trinajstić information content (AvgIpc) is 2.97. The maximum Gasteiger partial charge on any atom is 0.324 e. The number of carbonyl (C=O) groups excluding carboxylic acids is 1. The Kier molecular flexibility index (Phi) is 3.78. The van der Waals surface area contributed by atoms with E-state index in [9.17, 15) is 9.90 Å². The van der Waals surface area contributed by atoms with Crippen LogP contribution in [0.4, 0.5) is 10.5 Å². The molecule has 3 aliphatic heterocycles. The van der Waals surface area contributed by atoms with Gasteiger partial charge in [0, 0.05) is 49.9 Å². The molecule has 140 valence electrons. The van der Waals surface area contributed by atoms with Gasteiger partial charge in [-0.3, -0.25) is 9.80 Å². The molecule has 0 aromatic heterocycles. The summed E-state index contributed by atoms with van der Waals surface area (Å²) in [5, 5.41) is 9.76. The Morgan fingerprint density at radius 2 is 1.88 bits per heavy atom. The number of rotatable bonds is 4. The molecule has 1 aliphatic carbocycles. The van der Waals surface area contributed by atoms with Crippen molar-refractivity contribution >= 4 is 11.7 Å². The molecule has 0 bridgehead atoms. The fraction of sp³-hybridized carbons (Fsp3) is 0.650. The van der Waals surface area contributed by atoms with Crippen LogP contribution in [-0.4, -0.2) is 71.8 Å². The number of benzene rings is 1. The van der Waals surface area contributed by atoms with Gasteiger partial charge in [-0.15, -0.1) is 0 Å². The van der Waals surface area contributed by atoms with Crippen LogP contribution in [0.15, 0.2) is 24.3 Å². The molecule has 1 aromatic carbocycles. The largest absolute Gasteiger partial charge is 0.392 e. The number of nitrogens with two attached hydrogens (primary N) is 1. The highest BCUT2D eigenvalue weighted by Gasteiger charge is 2.47. The minimum Gasteiger partial charge on any atom is -0.392 e. The zero-order chi connectivity index (χ0) is 17.9. The summed E-state index contributed by atoms with van der Waals surface area (Å²) in [4.78, 5) is 18.9. The SMILES string of the molecule is N[C@@H]1CCN2C(=O)N(c3ccc(C4(CN5CCC(O)C5)CC4)cc3)C[C@H]12. The molecule has 1 aromatic rings. The molecule has 5 rings (SSSR count). The lowest BCUT2D eigenvalue weighted by Crippen LogP contribution is -2.37. The van der Waals surface area contributed by atoms with Gasteiger partial charge in [0.2, 0.25) is 0 Å². The summed E-state index contributed by atoms with van der Waals surface area (Å²) in [7, 11) is 0. The van der Waals surface area contributed by atoms with Gasteiger partial charge in [0.05, 0.1) is 12.1 Å². The van der Waals surface area contributed by atoms with Crippen molar-refractivity contribution in [2.75, 3.05) is 37.6 Å². The Balaban J connectivity index is 1.30. The summed E-state index contributed by atoms with van der Waals surface area (Å²) in [5.41, 5.74) is 8.75. The van der Waals surface area contributed by atoms with E-state index in [1.807, 2.05) is 9.80 Å². The number of likely N-dealkylation sites (tertiary alicyclic amines) is 1. The molecule has 1 unspecified atom stereocenters. The lowest BCUT2D eigenvalue weighted by molar-refractivity contribution is 0.173. The minimum absolute atomic E-state index is 0.0999. The zero-order valence-corrected chi connectivity index (χ0v) is 15.2. The summed E-state index contributed by atoms with van der Waals surface area (Å²) in [6.07, 6.45) is 4.08. The second-order valence-corrected chi connectivity index (χ2v) is 8.61. The Hall–Kier alpha value is -1.63. The van der Waals surface area contributed by atoms with Crippen LogP contribution in [0, 0.1) is 0 Å². The van der Waals surface area contributed by atoms with Crippen molar-refractivity contribution in [3.05, 3.63) is 29.8 Å². The molecule has 3 heterocycles. The topological polar surface area (TPSA) is 73.0 Å². The van der Waals surface area contributed by atoms with Gasteiger partial charge in [0.15, 0.2) is 0 Å². The molecule has 2 amide bonds. The van der Waals surface area contributed by atoms with Crippen LogP contribution in [-0.2, 0) is 5.41 Å². The molecular formula is C20H28N4O2.